The van der Waals surface area contributed by atoms with E-state index in [1.54, 1.807) is 13.0 Å². The summed E-state index contributed by atoms with van der Waals surface area (Å²) in [6.45, 7) is 9.62. The van der Waals surface area contributed by atoms with Crippen LogP contribution in [0.2, 0.25) is 0 Å². The highest BCUT2D eigenvalue weighted by Gasteiger charge is 2.19. The number of likely N-dealkylation sites (N-methyl/N-ethyl adjacent to an activating group) is 1. The maximum absolute atomic E-state index is 11.8. The van der Waals surface area contributed by atoms with Crippen molar-refractivity contribution < 1.29 is 19.1 Å². The summed E-state index contributed by atoms with van der Waals surface area (Å²) in [5, 5.41) is 16.6. The van der Waals surface area contributed by atoms with E-state index in [2.05, 4.69) is 33.9 Å². The molecule has 0 saturated carbocycles. The largest absolute Gasteiger partial charge is 0.461 e. The Bertz CT molecular complexity index is 896. The van der Waals surface area contributed by atoms with Gasteiger partial charge in [-0.25, -0.2) is 9.48 Å². The number of hydrogen-bond donors (Lipinski definition) is 0. The van der Waals surface area contributed by atoms with Crippen LogP contribution in [-0.2, 0) is 20.8 Å². The lowest BCUT2D eigenvalue weighted by atomic mass is 9.94. The Labute approximate surface area is 201 Å². The molecule has 34 heavy (non-hydrogen) atoms. The van der Waals surface area contributed by atoms with E-state index in [1.807, 2.05) is 24.1 Å². The van der Waals surface area contributed by atoms with E-state index in [1.165, 1.54) is 10.9 Å². The van der Waals surface area contributed by atoms with Gasteiger partial charge in [0.25, 0.3) is 6.47 Å². The van der Waals surface area contributed by atoms with E-state index in [0.29, 0.717) is 25.4 Å². The lowest BCUT2D eigenvalue weighted by molar-refractivity contribution is -0.134. The van der Waals surface area contributed by atoms with Gasteiger partial charge in [0.2, 0.25) is 0 Å². The summed E-state index contributed by atoms with van der Waals surface area (Å²) in [4.78, 5) is 27.2. The third-order valence-corrected chi connectivity index (χ3v) is 5.61. The van der Waals surface area contributed by atoms with Crippen molar-refractivity contribution >= 4 is 12.4 Å². The Kier molecular flexibility index (Phi) is 11.5. The average molecular weight is 471 g/mol. The summed E-state index contributed by atoms with van der Waals surface area (Å²) in [6, 6.07) is 2.27. The third kappa shape index (κ3) is 8.83. The zero-order chi connectivity index (χ0) is 24.8. The molecule has 2 heterocycles. The van der Waals surface area contributed by atoms with Crippen LogP contribution in [0.3, 0.4) is 0 Å². The minimum Gasteiger partial charge on any atom is -0.461 e. The number of nitriles is 1. The van der Waals surface area contributed by atoms with Crippen molar-refractivity contribution in [3.63, 3.8) is 0 Å². The summed E-state index contributed by atoms with van der Waals surface area (Å²) >= 11 is 0. The van der Waals surface area contributed by atoms with E-state index >= 15 is 0 Å². The summed E-state index contributed by atoms with van der Waals surface area (Å²) < 4.78 is 11.6. The standard InChI is InChI=1S/C24H34N6O4/c1-4-7-21(8-6-13-29-14-10-20(9-12-25)11-15-29)28(3)16-22(34-19-31)17-30-18-23(26-27-30)24(32)33-5-2/h4,6-8,18-20,22H,1,5,9-11,13-17H2,2-3H3/b8-6-,21-7+. The van der Waals surface area contributed by atoms with Gasteiger partial charge in [-0.2, -0.15) is 5.26 Å². The highest BCUT2D eigenvalue weighted by atomic mass is 16.5. The van der Waals surface area contributed by atoms with Gasteiger partial charge in [0.15, 0.2) is 5.69 Å². The van der Waals surface area contributed by atoms with Crippen molar-refractivity contribution in [1.82, 2.24) is 24.8 Å². The number of ether oxygens (including phenoxy) is 2. The van der Waals surface area contributed by atoms with Crippen LogP contribution in [0.5, 0.6) is 0 Å². The van der Waals surface area contributed by atoms with Gasteiger partial charge < -0.3 is 14.4 Å². The SMILES string of the molecule is C=C/C=C(\C=C/CN1CCC(CC#N)CC1)N(C)CC(Cn1cc(C(=O)OCC)nn1)OC=O. The predicted molar refractivity (Wildman–Crippen MR) is 126 cm³/mol. The molecule has 10 nitrogen and oxygen atoms in total. The van der Waals surface area contributed by atoms with Gasteiger partial charge in [0.05, 0.1) is 32.0 Å². The molecule has 0 N–H and O–H groups in total. The molecule has 1 aliphatic heterocycles. The lowest BCUT2D eigenvalue weighted by Crippen LogP contribution is -2.34. The number of carbonyl (C=O) groups is 2. The van der Waals surface area contributed by atoms with Crippen LogP contribution >= 0.6 is 0 Å². The Balaban J connectivity index is 1.93. The summed E-state index contributed by atoms with van der Waals surface area (Å²) in [6.07, 6.45) is 11.4. The molecule has 1 saturated heterocycles. The lowest BCUT2D eigenvalue weighted by Gasteiger charge is -2.30. The number of nitrogens with zero attached hydrogens (tertiary/aromatic N) is 6. The van der Waals surface area contributed by atoms with E-state index in [-0.39, 0.29) is 18.8 Å². The van der Waals surface area contributed by atoms with Gasteiger partial charge in [-0.15, -0.1) is 5.10 Å². The second-order valence-corrected chi connectivity index (χ2v) is 8.12. The normalized spacial score (nSPS) is 16.1. The summed E-state index contributed by atoms with van der Waals surface area (Å²) in [7, 11) is 1.90. The number of esters is 1. The van der Waals surface area contributed by atoms with Gasteiger partial charge in [0.1, 0.15) is 6.10 Å². The zero-order valence-electron chi connectivity index (χ0n) is 20.0. The first-order chi connectivity index (χ1) is 16.5. The fourth-order valence-corrected chi connectivity index (χ4v) is 3.78. The van der Waals surface area contributed by atoms with Crippen LogP contribution in [-0.4, -0.2) is 83.2 Å². The minimum atomic E-state index is -0.547. The molecule has 10 heteroatoms. The number of carbonyl (C=O) groups excluding carboxylic acids is 2. The molecule has 0 spiro atoms. The van der Waals surface area contributed by atoms with Gasteiger partial charge >= 0.3 is 5.97 Å². The zero-order valence-corrected chi connectivity index (χ0v) is 20.0. The molecule has 0 aliphatic carbocycles. The summed E-state index contributed by atoms with van der Waals surface area (Å²) in [5.41, 5.74) is 1.02. The van der Waals surface area contributed by atoms with E-state index in [0.717, 1.165) is 38.2 Å². The topological polar surface area (TPSA) is 114 Å². The average Bonchev–Trinajstić information content (AvgIpc) is 3.29. The molecule has 1 aromatic rings. The molecule has 1 aromatic heterocycles. The highest BCUT2D eigenvalue weighted by molar-refractivity contribution is 5.86. The van der Waals surface area contributed by atoms with Crippen molar-refractivity contribution in [2.75, 3.05) is 39.8 Å². The monoisotopic (exact) mass is 470 g/mol. The maximum atomic E-state index is 11.8. The van der Waals surface area contributed by atoms with Crippen LogP contribution in [0.4, 0.5) is 0 Å². The van der Waals surface area contributed by atoms with E-state index in [9.17, 15) is 9.59 Å². The number of likely N-dealkylation sites (tertiary alicyclic amines) is 1. The highest BCUT2D eigenvalue weighted by Crippen LogP contribution is 2.19. The van der Waals surface area contributed by atoms with Crippen molar-refractivity contribution in [3.8, 4) is 6.07 Å². The summed E-state index contributed by atoms with van der Waals surface area (Å²) in [5.74, 6) is -0.0324. The van der Waals surface area contributed by atoms with Crippen LogP contribution in [0, 0.1) is 17.2 Å². The van der Waals surface area contributed by atoms with Gasteiger partial charge in [-0.1, -0.05) is 23.9 Å². The Morgan fingerprint density at radius 3 is 2.85 bits per heavy atom. The first-order valence-corrected chi connectivity index (χ1v) is 11.5. The van der Waals surface area contributed by atoms with Gasteiger partial charge in [0, 0.05) is 25.7 Å². The molecule has 0 radical (unpaired) electrons. The molecule has 0 bridgehead atoms. The van der Waals surface area contributed by atoms with Crippen LogP contribution in [0.25, 0.3) is 0 Å². The molecule has 0 amide bonds. The fraction of sp³-hybridized carbons (Fsp3) is 0.542. The second kappa shape index (κ2) is 14.6. The maximum Gasteiger partial charge on any atom is 0.360 e. The molecule has 0 aromatic carbocycles. The first kappa shape index (κ1) is 26.8. The second-order valence-electron chi connectivity index (χ2n) is 8.12. The molecule has 1 unspecified atom stereocenters. The Hall–Kier alpha value is -3.45. The van der Waals surface area contributed by atoms with E-state index < -0.39 is 12.1 Å². The predicted octanol–water partition coefficient (Wildman–Crippen LogP) is 2.18. The molecule has 1 aliphatic rings. The number of piperidine rings is 1. The van der Waals surface area contributed by atoms with Gasteiger partial charge in [-0.05, 0) is 50.9 Å². The minimum absolute atomic E-state index is 0.104. The number of aromatic nitrogens is 3. The van der Waals surface area contributed by atoms with Gasteiger partial charge in [-0.3, -0.25) is 9.69 Å². The molecule has 184 valence electrons. The molecule has 1 atom stereocenters. The van der Waals surface area contributed by atoms with Crippen molar-refractivity contribution in [3.05, 3.63) is 48.5 Å². The fourth-order valence-electron chi connectivity index (χ4n) is 3.78. The third-order valence-electron chi connectivity index (χ3n) is 5.61. The van der Waals surface area contributed by atoms with Crippen LogP contribution in [0.15, 0.2) is 42.8 Å². The van der Waals surface area contributed by atoms with Crippen molar-refractivity contribution in [2.24, 2.45) is 5.92 Å². The quantitative estimate of drug-likeness (QED) is 0.229. The first-order valence-electron chi connectivity index (χ1n) is 11.5. The van der Waals surface area contributed by atoms with E-state index in [4.69, 9.17) is 14.7 Å². The van der Waals surface area contributed by atoms with Crippen LogP contribution < -0.4 is 0 Å². The molecule has 2 rings (SSSR count). The smallest absolute Gasteiger partial charge is 0.360 e. The number of rotatable bonds is 14. The van der Waals surface area contributed by atoms with Crippen molar-refractivity contribution in [2.45, 2.75) is 38.8 Å². The number of allylic oxidation sites excluding steroid dienone is 3. The molecular weight excluding hydrogens is 436 g/mol. The van der Waals surface area contributed by atoms with Crippen molar-refractivity contribution in [1.29, 1.82) is 5.26 Å². The Morgan fingerprint density at radius 1 is 1.44 bits per heavy atom. The molecular formula is C24H34N6O4. The van der Waals surface area contributed by atoms with Crippen LogP contribution in [0.1, 0.15) is 36.7 Å². The number of hydrogen-bond acceptors (Lipinski definition) is 9. The Morgan fingerprint density at radius 2 is 2.21 bits per heavy atom. The molecule has 1 fully saturated rings.